The van der Waals surface area contributed by atoms with Crippen molar-refractivity contribution in [3.63, 3.8) is 0 Å². The van der Waals surface area contributed by atoms with Crippen LogP contribution in [0.1, 0.15) is 55.0 Å². The number of hydrogen-bond acceptors (Lipinski definition) is 6. The molecule has 2 aromatic rings. The van der Waals surface area contributed by atoms with Crippen LogP contribution in [-0.2, 0) is 11.2 Å². The van der Waals surface area contributed by atoms with Gasteiger partial charge in [-0.25, -0.2) is 5.10 Å². The number of benzene rings is 1. The molecule has 1 fully saturated rings. The minimum atomic E-state index is -0.773. The van der Waals surface area contributed by atoms with Gasteiger partial charge in [-0.2, -0.15) is 0 Å². The van der Waals surface area contributed by atoms with E-state index in [-0.39, 0.29) is 5.92 Å². The number of rotatable bonds is 10. The van der Waals surface area contributed by atoms with Crippen LogP contribution >= 0.6 is 0 Å². The van der Waals surface area contributed by atoms with Crippen molar-refractivity contribution in [3.05, 3.63) is 47.3 Å². The Morgan fingerprint density at radius 2 is 1.97 bits per heavy atom. The van der Waals surface area contributed by atoms with Crippen molar-refractivity contribution in [1.29, 1.82) is 0 Å². The van der Waals surface area contributed by atoms with Gasteiger partial charge in [0, 0.05) is 19.0 Å². The molecule has 0 spiro atoms. The maximum Gasteiger partial charge on any atom is 0.307 e. The second-order valence-corrected chi connectivity index (χ2v) is 8.72. The average Bonchev–Trinajstić information content (AvgIpc) is 3.51. The van der Waals surface area contributed by atoms with Crippen LogP contribution in [0.5, 0.6) is 0 Å². The number of nitrogens with one attached hydrogen (secondary N) is 3. The maximum absolute atomic E-state index is 12.2. The minimum Gasteiger partial charge on any atom is -0.481 e. The molecule has 0 aliphatic carbocycles. The first-order valence-corrected chi connectivity index (χ1v) is 11.4. The molecule has 1 aromatic carbocycles. The van der Waals surface area contributed by atoms with Crippen LogP contribution in [0.15, 0.2) is 30.3 Å². The fourth-order valence-electron chi connectivity index (χ4n) is 4.85. The van der Waals surface area contributed by atoms with Gasteiger partial charge in [-0.05, 0) is 71.8 Å². The van der Waals surface area contributed by atoms with Gasteiger partial charge in [-0.1, -0.05) is 43.2 Å². The molecule has 0 unspecified atom stereocenters. The lowest BCUT2D eigenvalue weighted by Crippen LogP contribution is -2.28. The summed E-state index contributed by atoms with van der Waals surface area (Å²) in [5.74, 6) is -0.309. The summed E-state index contributed by atoms with van der Waals surface area (Å²) in [4.78, 5) is 12.2. The second-order valence-electron chi connectivity index (χ2n) is 8.72. The number of aromatic nitrogens is 4. The molecule has 0 amide bonds. The van der Waals surface area contributed by atoms with Crippen molar-refractivity contribution in [2.24, 2.45) is 11.8 Å². The second kappa shape index (κ2) is 10.6. The first kappa shape index (κ1) is 21.6. The zero-order valence-electron chi connectivity index (χ0n) is 17.9. The van der Waals surface area contributed by atoms with E-state index in [2.05, 4.69) is 61.6 Å². The molecule has 1 saturated heterocycles. The largest absolute Gasteiger partial charge is 0.481 e. The number of hydrogen-bond donors (Lipinski definition) is 4. The van der Waals surface area contributed by atoms with Gasteiger partial charge in [0.25, 0.3) is 0 Å². The summed E-state index contributed by atoms with van der Waals surface area (Å²) in [5, 5.41) is 31.1. The molecule has 0 saturated carbocycles. The average molecular weight is 425 g/mol. The van der Waals surface area contributed by atoms with E-state index in [1.165, 1.54) is 24.0 Å². The number of nitrogens with zero attached hydrogens (tertiary/aromatic N) is 3. The number of aromatic amines is 1. The van der Waals surface area contributed by atoms with Crippen LogP contribution in [0.2, 0.25) is 0 Å². The SMILES string of the molecule is O=C(O)[C@@H](CCCC1CCNCC1)[C@H](Cc1ccc(C2=CCNC2)cc1)c1nnn[nH]1. The Morgan fingerprint density at radius 3 is 2.61 bits per heavy atom. The smallest absolute Gasteiger partial charge is 0.307 e. The molecule has 8 nitrogen and oxygen atoms in total. The van der Waals surface area contributed by atoms with E-state index in [9.17, 15) is 9.90 Å². The van der Waals surface area contributed by atoms with Crippen molar-refractivity contribution >= 4 is 11.5 Å². The van der Waals surface area contributed by atoms with Crippen LogP contribution < -0.4 is 10.6 Å². The Bertz CT molecular complexity index is 859. The summed E-state index contributed by atoms with van der Waals surface area (Å²) in [6, 6.07) is 8.44. The van der Waals surface area contributed by atoms with Gasteiger partial charge in [0.2, 0.25) is 0 Å². The Kier molecular flexibility index (Phi) is 7.43. The van der Waals surface area contributed by atoms with Gasteiger partial charge < -0.3 is 15.7 Å². The Labute approximate surface area is 182 Å². The molecule has 2 aliphatic heterocycles. The van der Waals surface area contributed by atoms with E-state index in [1.54, 1.807) is 0 Å². The highest BCUT2D eigenvalue weighted by Gasteiger charge is 2.32. The number of tetrazole rings is 1. The molecule has 0 bridgehead atoms. The molecule has 2 aliphatic rings. The van der Waals surface area contributed by atoms with Crippen molar-refractivity contribution in [1.82, 2.24) is 31.3 Å². The quantitative estimate of drug-likeness (QED) is 0.463. The minimum absolute atomic E-state index is 0.279. The number of carboxylic acid groups (broad SMARTS) is 1. The summed E-state index contributed by atoms with van der Waals surface area (Å²) in [5.41, 5.74) is 3.62. The molecular formula is C23H32N6O2. The Balaban J connectivity index is 1.44. The highest BCUT2D eigenvalue weighted by atomic mass is 16.4. The van der Waals surface area contributed by atoms with Crippen LogP contribution in [-0.4, -0.2) is 57.9 Å². The molecule has 1 aromatic heterocycles. The predicted octanol–water partition coefficient (Wildman–Crippen LogP) is 2.38. The van der Waals surface area contributed by atoms with Gasteiger partial charge in [0.1, 0.15) is 0 Å². The zero-order valence-corrected chi connectivity index (χ0v) is 17.9. The zero-order chi connectivity index (χ0) is 21.5. The van der Waals surface area contributed by atoms with Crippen molar-refractivity contribution in [3.8, 4) is 0 Å². The molecule has 0 radical (unpaired) electrons. The number of carboxylic acids is 1. The molecule has 8 heteroatoms. The van der Waals surface area contributed by atoms with Gasteiger partial charge in [0.15, 0.2) is 5.82 Å². The molecule has 166 valence electrons. The van der Waals surface area contributed by atoms with E-state index >= 15 is 0 Å². The first-order chi connectivity index (χ1) is 15.2. The standard InChI is InChI=1S/C23H32N6O2/c30-23(31)20(3-1-2-16-8-11-24-12-9-16)21(22-26-28-29-27-22)14-17-4-6-18(7-5-17)19-10-13-25-15-19/h4-7,10,16,20-21,24-25H,1-3,8-9,11-15H2,(H,30,31)(H,26,27,28,29)/t20-,21-/m0/s1. The maximum atomic E-state index is 12.2. The van der Waals surface area contributed by atoms with Gasteiger partial charge in [-0.15, -0.1) is 5.10 Å². The third kappa shape index (κ3) is 5.77. The number of aliphatic carboxylic acids is 1. The van der Waals surface area contributed by atoms with Crippen molar-refractivity contribution in [2.75, 3.05) is 26.2 Å². The molecular weight excluding hydrogens is 392 g/mol. The summed E-state index contributed by atoms with van der Waals surface area (Å²) >= 11 is 0. The van der Waals surface area contributed by atoms with Gasteiger partial charge in [0.05, 0.1) is 5.92 Å². The third-order valence-electron chi connectivity index (χ3n) is 6.69. The Morgan fingerprint density at radius 1 is 1.16 bits per heavy atom. The Hall–Kier alpha value is -2.58. The lowest BCUT2D eigenvalue weighted by Gasteiger charge is -2.25. The fraction of sp³-hybridized carbons (Fsp3) is 0.565. The first-order valence-electron chi connectivity index (χ1n) is 11.4. The van der Waals surface area contributed by atoms with E-state index in [4.69, 9.17) is 0 Å². The number of carbonyl (C=O) groups is 1. The van der Waals surface area contributed by atoms with Crippen LogP contribution in [0.25, 0.3) is 5.57 Å². The third-order valence-corrected chi connectivity index (χ3v) is 6.69. The van der Waals surface area contributed by atoms with Crippen LogP contribution in [0.3, 0.4) is 0 Å². The van der Waals surface area contributed by atoms with Crippen LogP contribution in [0.4, 0.5) is 0 Å². The molecule has 3 heterocycles. The fourth-order valence-corrected chi connectivity index (χ4v) is 4.85. The van der Waals surface area contributed by atoms with Gasteiger partial charge in [-0.3, -0.25) is 4.79 Å². The van der Waals surface area contributed by atoms with Crippen LogP contribution in [0, 0.1) is 11.8 Å². The molecule has 4 rings (SSSR count). The normalized spacial score (nSPS) is 19.2. The summed E-state index contributed by atoms with van der Waals surface area (Å²) in [7, 11) is 0. The number of piperidine rings is 1. The molecule has 4 N–H and O–H groups in total. The van der Waals surface area contributed by atoms with Crippen molar-refractivity contribution in [2.45, 2.75) is 44.4 Å². The van der Waals surface area contributed by atoms with E-state index < -0.39 is 11.9 Å². The van der Waals surface area contributed by atoms with E-state index in [1.807, 2.05) is 0 Å². The van der Waals surface area contributed by atoms with Gasteiger partial charge >= 0.3 is 5.97 Å². The van der Waals surface area contributed by atoms with E-state index in [0.717, 1.165) is 44.6 Å². The molecule has 2 atom stereocenters. The summed E-state index contributed by atoms with van der Waals surface area (Å²) in [6.45, 7) is 3.95. The summed E-state index contributed by atoms with van der Waals surface area (Å²) < 4.78 is 0. The summed E-state index contributed by atoms with van der Waals surface area (Å²) in [6.07, 6.45) is 7.82. The molecule has 31 heavy (non-hydrogen) atoms. The monoisotopic (exact) mass is 424 g/mol. The number of H-pyrrole nitrogens is 1. The highest BCUT2D eigenvalue weighted by molar-refractivity contribution is 5.71. The van der Waals surface area contributed by atoms with Crippen molar-refractivity contribution < 1.29 is 9.90 Å². The highest BCUT2D eigenvalue weighted by Crippen LogP contribution is 2.32. The lowest BCUT2D eigenvalue weighted by molar-refractivity contribution is -0.143. The van der Waals surface area contributed by atoms with E-state index in [0.29, 0.717) is 24.6 Å². The predicted molar refractivity (Wildman–Crippen MR) is 118 cm³/mol. The lowest BCUT2D eigenvalue weighted by atomic mass is 9.81. The topological polar surface area (TPSA) is 116 Å².